The summed E-state index contributed by atoms with van der Waals surface area (Å²) in [6.07, 6.45) is 0. The Balaban J connectivity index is 2.03. The maximum absolute atomic E-state index is 13.8. The SMILES string of the molecule is CCNC(=NCc1ccc(OC)cc1)NCc1cc(C#N)ccc1F. The third kappa shape index (κ3) is 5.50. The molecule has 0 aliphatic carbocycles. The van der Waals surface area contributed by atoms with E-state index in [9.17, 15) is 4.39 Å². The summed E-state index contributed by atoms with van der Waals surface area (Å²) in [5.74, 6) is 1.03. The van der Waals surface area contributed by atoms with Gasteiger partial charge in [-0.1, -0.05) is 12.1 Å². The summed E-state index contributed by atoms with van der Waals surface area (Å²) in [5.41, 5.74) is 1.89. The van der Waals surface area contributed by atoms with Crippen LogP contribution in [-0.4, -0.2) is 19.6 Å². The second-order valence-corrected chi connectivity index (χ2v) is 5.31. The van der Waals surface area contributed by atoms with E-state index in [4.69, 9.17) is 10.00 Å². The molecule has 130 valence electrons. The fourth-order valence-electron chi connectivity index (χ4n) is 2.20. The second kappa shape index (κ2) is 9.28. The van der Waals surface area contributed by atoms with Gasteiger partial charge in [0, 0.05) is 18.7 Å². The first-order valence-corrected chi connectivity index (χ1v) is 8.00. The van der Waals surface area contributed by atoms with Crippen molar-refractivity contribution in [2.45, 2.75) is 20.0 Å². The highest BCUT2D eigenvalue weighted by atomic mass is 19.1. The van der Waals surface area contributed by atoms with Crippen LogP contribution in [0.25, 0.3) is 0 Å². The molecule has 2 aromatic rings. The minimum Gasteiger partial charge on any atom is -0.497 e. The summed E-state index contributed by atoms with van der Waals surface area (Å²) >= 11 is 0. The summed E-state index contributed by atoms with van der Waals surface area (Å²) in [4.78, 5) is 4.49. The van der Waals surface area contributed by atoms with Gasteiger partial charge < -0.3 is 15.4 Å². The number of halogens is 1. The van der Waals surface area contributed by atoms with Crippen LogP contribution in [0.5, 0.6) is 5.75 Å². The number of hydrogen-bond acceptors (Lipinski definition) is 3. The third-order valence-corrected chi connectivity index (χ3v) is 3.54. The third-order valence-electron chi connectivity index (χ3n) is 3.54. The van der Waals surface area contributed by atoms with Gasteiger partial charge in [0.1, 0.15) is 11.6 Å². The molecule has 0 aliphatic heterocycles. The van der Waals surface area contributed by atoms with Crippen molar-refractivity contribution in [2.24, 2.45) is 4.99 Å². The molecule has 0 saturated carbocycles. The molecule has 0 amide bonds. The lowest BCUT2D eigenvalue weighted by Gasteiger charge is -2.12. The largest absolute Gasteiger partial charge is 0.497 e. The van der Waals surface area contributed by atoms with Crippen molar-refractivity contribution in [3.05, 3.63) is 65.0 Å². The van der Waals surface area contributed by atoms with Crippen LogP contribution in [0.4, 0.5) is 4.39 Å². The van der Waals surface area contributed by atoms with Gasteiger partial charge in [0.25, 0.3) is 0 Å². The van der Waals surface area contributed by atoms with Crippen LogP contribution in [0, 0.1) is 17.1 Å². The first-order chi connectivity index (χ1) is 12.2. The lowest BCUT2D eigenvalue weighted by molar-refractivity contribution is 0.414. The van der Waals surface area contributed by atoms with Gasteiger partial charge in [-0.3, -0.25) is 0 Å². The molecule has 2 aromatic carbocycles. The van der Waals surface area contributed by atoms with Gasteiger partial charge in [-0.15, -0.1) is 0 Å². The van der Waals surface area contributed by atoms with Crippen LogP contribution in [0.1, 0.15) is 23.6 Å². The summed E-state index contributed by atoms with van der Waals surface area (Å²) in [6.45, 7) is 3.38. The van der Waals surface area contributed by atoms with Crippen LogP contribution in [0.3, 0.4) is 0 Å². The van der Waals surface area contributed by atoms with Crippen LogP contribution in [0.15, 0.2) is 47.5 Å². The predicted molar refractivity (Wildman–Crippen MR) is 95.8 cm³/mol. The van der Waals surface area contributed by atoms with E-state index >= 15 is 0 Å². The normalized spacial score (nSPS) is 10.9. The molecule has 0 fully saturated rings. The van der Waals surface area contributed by atoms with Crippen LogP contribution < -0.4 is 15.4 Å². The molecule has 0 aromatic heterocycles. The minimum atomic E-state index is -0.350. The van der Waals surface area contributed by atoms with Crippen molar-refractivity contribution in [3.8, 4) is 11.8 Å². The summed E-state index contributed by atoms with van der Waals surface area (Å²) in [6, 6.07) is 14.0. The van der Waals surface area contributed by atoms with Gasteiger partial charge in [-0.25, -0.2) is 9.38 Å². The predicted octanol–water partition coefficient (Wildman–Crippen LogP) is 2.96. The lowest BCUT2D eigenvalue weighted by atomic mass is 10.1. The smallest absolute Gasteiger partial charge is 0.191 e. The number of methoxy groups -OCH3 is 1. The number of nitriles is 1. The monoisotopic (exact) mass is 340 g/mol. The molecule has 25 heavy (non-hydrogen) atoms. The van der Waals surface area contributed by atoms with Crippen molar-refractivity contribution in [1.29, 1.82) is 5.26 Å². The summed E-state index contributed by atoms with van der Waals surface area (Å²) in [7, 11) is 1.63. The molecule has 0 spiro atoms. The Kier molecular flexibility index (Phi) is 6.78. The highest BCUT2D eigenvalue weighted by molar-refractivity contribution is 5.79. The van der Waals surface area contributed by atoms with E-state index in [-0.39, 0.29) is 12.4 Å². The number of rotatable bonds is 6. The minimum absolute atomic E-state index is 0.246. The van der Waals surface area contributed by atoms with E-state index in [2.05, 4.69) is 15.6 Å². The van der Waals surface area contributed by atoms with Crippen molar-refractivity contribution < 1.29 is 9.13 Å². The van der Waals surface area contributed by atoms with Gasteiger partial charge in [-0.2, -0.15) is 5.26 Å². The van der Waals surface area contributed by atoms with Gasteiger partial charge >= 0.3 is 0 Å². The van der Waals surface area contributed by atoms with E-state index in [0.29, 0.717) is 30.2 Å². The molecule has 0 aliphatic rings. The Morgan fingerprint density at radius 2 is 1.96 bits per heavy atom. The first kappa shape index (κ1) is 18.3. The van der Waals surface area contributed by atoms with E-state index in [1.165, 1.54) is 18.2 Å². The van der Waals surface area contributed by atoms with Crippen molar-refractivity contribution in [2.75, 3.05) is 13.7 Å². The number of guanidine groups is 1. The van der Waals surface area contributed by atoms with Gasteiger partial charge in [-0.05, 0) is 42.8 Å². The molecule has 0 saturated heterocycles. The zero-order valence-electron chi connectivity index (χ0n) is 14.3. The molecule has 0 bridgehead atoms. The van der Waals surface area contributed by atoms with Gasteiger partial charge in [0.2, 0.25) is 0 Å². The fraction of sp³-hybridized carbons (Fsp3) is 0.263. The molecule has 0 radical (unpaired) electrons. The second-order valence-electron chi connectivity index (χ2n) is 5.31. The molecular formula is C19H21FN4O. The zero-order chi connectivity index (χ0) is 18.1. The maximum Gasteiger partial charge on any atom is 0.191 e. The van der Waals surface area contributed by atoms with Crippen LogP contribution in [-0.2, 0) is 13.1 Å². The van der Waals surface area contributed by atoms with Crippen LogP contribution in [0.2, 0.25) is 0 Å². The molecule has 2 N–H and O–H groups in total. The van der Waals surface area contributed by atoms with Crippen molar-refractivity contribution in [3.63, 3.8) is 0 Å². The molecule has 6 heteroatoms. The standard InChI is InChI=1S/C19H21FN4O/c1-3-22-19(23-12-14-4-7-17(25-2)8-5-14)24-13-16-10-15(11-21)6-9-18(16)20/h4-10H,3,12-13H2,1-2H3,(H2,22,23,24). The number of benzene rings is 2. The summed E-state index contributed by atoms with van der Waals surface area (Å²) < 4.78 is 19.0. The Hall–Kier alpha value is -3.07. The van der Waals surface area contributed by atoms with E-state index < -0.39 is 0 Å². The molecular weight excluding hydrogens is 319 g/mol. The van der Waals surface area contributed by atoms with Crippen molar-refractivity contribution >= 4 is 5.96 Å². The highest BCUT2D eigenvalue weighted by Crippen LogP contribution is 2.12. The van der Waals surface area contributed by atoms with Crippen LogP contribution >= 0.6 is 0 Å². The number of aliphatic imine (C=N–C) groups is 1. The van der Waals surface area contributed by atoms with Crippen molar-refractivity contribution in [1.82, 2.24) is 10.6 Å². The Bertz CT molecular complexity index is 766. The molecule has 0 atom stereocenters. The molecule has 2 rings (SSSR count). The summed E-state index contributed by atoms with van der Waals surface area (Å²) in [5, 5.41) is 15.1. The molecule has 0 unspecified atom stereocenters. The number of nitrogens with one attached hydrogen (secondary N) is 2. The number of nitrogens with zero attached hydrogens (tertiary/aromatic N) is 2. The topological polar surface area (TPSA) is 69.4 Å². The Morgan fingerprint density at radius 1 is 1.20 bits per heavy atom. The van der Waals surface area contributed by atoms with E-state index in [0.717, 1.165) is 11.3 Å². The molecule has 0 heterocycles. The van der Waals surface area contributed by atoms with Gasteiger partial charge in [0.05, 0.1) is 25.3 Å². The average molecular weight is 340 g/mol. The van der Waals surface area contributed by atoms with E-state index in [1.54, 1.807) is 7.11 Å². The highest BCUT2D eigenvalue weighted by Gasteiger charge is 2.05. The zero-order valence-corrected chi connectivity index (χ0v) is 14.3. The lowest BCUT2D eigenvalue weighted by Crippen LogP contribution is -2.37. The molecule has 5 nitrogen and oxygen atoms in total. The Labute approximate surface area is 147 Å². The fourth-order valence-corrected chi connectivity index (χ4v) is 2.20. The number of ether oxygens (including phenoxy) is 1. The Morgan fingerprint density at radius 3 is 2.60 bits per heavy atom. The van der Waals surface area contributed by atoms with E-state index in [1.807, 2.05) is 37.3 Å². The maximum atomic E-state index is 13.8. The first-order valence-electron chi connectivity index (χ1n) is 8.00. The average Bonchev–Trinajstić information content (AvgIpc) is 2.65. The quantitative estimate of drug-likeness (QED) is 0.627. The number of hydrogen-bond donors (Lipinski definition) is 2. The van der Waals surface area contributed by atoms with Gasteiger partial charge in [0.15, 0.2) is 5.96 Å².